The van der Waals surface area contributed by atoms with Crippen LogP contribution in [0.4, 0.5) is 17.2 Å². The molecule has 144 valence electrons. The molecule has 1 amide bonds. The second kappa shape index (κ2) is 7.51. The number of nitrogens with one attached hydrogen (secondary N) is 1. The smallest absolute Gasteiger partial charge is 0.274 e. The summed E-state index contributed by atoms with van der Waals surface area (Å²) >= 11 is 0. The summed E-state index contributed by atoms with van der Waals surface area (Å²) in [5.74, 6) is 0.323. The van der Waals surface area contributed by atoms with Crippen molar-refractivity contribution in [3.63, 3.8) is 0 Å². The number of amides is 1. The van der Waals surface area contributed by atoms with Crippen molar-refractivity contribution in [1.29, 1.82) is 0 Å². The van der Waals surface area contributed by atoms with Crippen molar-refractivity contribution >= 4 is 32.9 Å². The maximum atomic E-state index is 12.5. The van der Waals surface area contributed by atoms with E-state index in [1.165, 1.54) is 4.90 Å². The van der Waals surface area contributed by atoms with Crippen molar-refractivity contribution < 1.29 is 13.2 Å². The summed E-state index contributed by atoms with van der Waals surface area (Å²) in [7, 11) is 2.50. The molecule has 1 aromatic carbocycles. The number of aromatic nitrogens is 2. The lowest BCUT2D eigenvalue weighted by Gasteiger charge is -2.22. The van der Waals surface area contributed by atoms with Gasteiger partial charge < -0.3 is 15.1 Å². The predicted octanol–water partition coefficient (Wildman–Crippen LogP) is 1.55. The zero-order chi connectivity index (χ0) is 19.6. The van der Waals surface area contributed by atoms with E-state index in [1.807, 2.05) is 43.3 Å². The Kier molecular flexibility index (Phi) is 5.31. The topological polar surface area (TPSA) is 95.5 Å². The van der Waals surface area contributed by atoms with Gasteiger partial charge in [0, 0.05) is 38.6 Å². The van der Waals surface area contributed by atoms with Crippen molar-refractivity contribution in [2.45, 2.75) is 12.5 Å². The molecule has 9 heteroatoms. The molecule has 0 radical (unpaired) electrons. The van der Waals surface area contributed by atoms with E-state index in [1.54, 1.807) is 19.2 Å². The number of anilines is 3. The summed E-state index contributed by atoms with van der Waals surface area (Å²) in [6, 6.07) is 10.8. The molecule has 0 saturated carbocycles. The minimum absolute atomic E-state index is 0.00521. The second-order valence-electron chi connectivity index (χ2n) is 6.84. The Hall–Kier alpha value is -2.68. The van der Waals surface area contributed by atoms with Crippen LogP contribution >= 0.6 is 0 Å². The number of hydrogen-bond acceptors (Lipinski definition) is 7. The van der Waals surface area contributed by atoms with E-state index in [9.17, 15) is 13.2 Å². The molecular formula is C18H23N5O3S. The first kappa shape index (κ1) is 19.1. The Balaban J connectivity index is 1.65. The van der Waals surface area contributed by atoms with Crippen LogP contribution in [-0.4, -0.2) is 68.1 Å². The third-order valence-electron chi connectivity index (χ3n) is 4.62. The van der Waals surface area contributed by atoms with Crippen LogP contribution in [0.2, 0.25) is 0 Å². The van der Waals surface area contributed by atoms with Crippen molar-refractivity contribution in [1.82, 2.24) is 15.1 Å². The molecule has 1 aromatic heterocycles. The van der Waals surface area contributed by atoms with Crippen LogP contribution in [-0.2, 0) is 9.84 Å². The van der Waals surface area contributed by atoms with Crippen molar-refractivity contribution in [3.8, 4) is 0 Å². The van der Waals surface area contributed by atoms with E-state index in [2.05, 4.69) is 15.5 Å². The lowest BCUT2D eigenvalue weighted by molar-refractivity contribution is 0.0740. The molecule has 1 saturated heterocycles. The highest BCUT2D eigenvalue weighted by atomic mass is 32.2. The fraction of sp³-hybridized carbons (Fsp3) is 0.389. The Bertz CT molecular complexity index is 911. The van der Waals surface area contributed by atoms with E-state index in [-0.39, 0.29) is 29.1 Å². The van der Waals surface area contributed by atoms with E-state index >= 15 is 0 Å². The third kappa shape index (κ3) is 4.54. The number of hydrogen-bond donors (Lipinski definition) is 1. The summed E-state index contributed by atoms with van der Waals surface area (Å²) in [4.78, 5) is 16.0. The van der Waals surface area contributed by atoms with E-state index in [0.29, 0.717) is 12.2 Å². The Morgan fingerprint density at radius 2 is 1.78 bits per heavy atom. The molecule has 1 N–H and O–H groups in total. The maximum Gasteiger partial charge on any atom is 0.274 e. The number of carbonyl (C=O) groups excluding carboxylic acids is 1. The molecule has 1 unspecified atom stereocenters. The summed E-state index contributed by atoms with van der Waals surface area (Å²) in [5, 5.41) is 11.2. The number of nitrogens with zero attached hydrogens (tertiary/aromatic N) is 4. The Morgan fingerprint density at radius 3 is 2.30 bits per heavy atom. The van der Waals surface area contributed by atoms with E-state index in [0.717, 1.165) is 11.4 Å². The zero-order valence-electron chi connectivity index (χ0n) is 15.6. The molecule has 2 aromatic rings. The molecule has 2 heterocycles. The molecule has 0 bridgehead atoms. The molecule has 27 heavy (non-hydrogen) atoms. The third-order valence-corrected chi connectivity index (χ3v) is 6.37. The van der Waals surface area contributed by atoms with Gasteiger partial charge in [0.15, 0.2) is 21.3 Å². The SMILES string of the molecule is CN(C)c1ccc(Nc2ccc(C(=O)N(C)C3CCS(=O)(=O)C3)nn2)cc1. The van der Waals surface area contributed by atoms with Crippen LogP contribution in [0.15, 0.2) is 36.4 Å². The van der Waals surface area contributed by atoms with Crippen LogP contribution in [0, 0.1) is 0 Å². The average Bonchev–Trinajstić information content (AvgIpc) is 3.01. The van der Waals surface area contributed by atoms with Gasteiger partial charge in [-0.1, -0.05) is 0 Å². The highest BCUT2D eigenvalue weighted by Gasteiger charge is 2.33. The zero-order valence-corrected chi connectivity index (χ0v) is 16.4. The monoisotopic (exact) mass is 389 g/mol. The fourth-order valence-electron chi connectivity index (χ4n) is 2.93. The molecule has 1 aliphatic heterocycles. The molecular weight excluding hydrogens is 366 g/mol. The van der Waals surface area contributed by atoms with Crippen LogP contribution < -0.4 is 10.2 Å². The first-order valence-electron chi connectivity index (χ1n) is 8.61. The summed E-state index contributed by atoms with van der Waals surface area (Å²) < 4.78 is 23.2. The molecule has 8 nitrogen and oxygen atoms in total. The lowest BCUT2D eigenvalue weighted by atomic mass is 10.2. The summed E-state index contributed by atoms with van der Waals surface area (Å²) in [5.41, 5.74) is 2.14. The minimum atomic E-state index is -3.05. The van der Waals surface area contributed by atoms with Crippen molar-refractivity contribution in [3.05, 3.63) is 42.1 Å². The minimum Gasteiger partial charge on any atom is -0.378 e. The van der Waals surface area contributed by atoms with Gasteiger partial charge in [-0.15, -0.1) is 10.2 Å². The molecule has 1 fully saturated rings. The number of carbonyl (C=O) groups is 1. The van der Waals surface area contributed by atoms with Gasteiger partial charge in [0.1, 0.15) is 0 Å². The highest BCUT2D eigenvalue weighted by Crippen LogP contribution is 2.20. The van der Waals surface area contributed by atoms with Gasteiger partial charge in [0.2, 0.25) is 0 Å². The number of rotatable bonds is 5. The molecule has 3 rings (SSSR count). The first-order chi connectivity index (χ1) is 12.7. The quantitative estimate of drug-likeness (QED) is 0.829. The largest absolute Gasteiger partial charge is 0.378 e. The maximum absolute atomic E-state index is 12.5. The van der Waals surface area contributed by atoms with Gasteiger partial charge in [-0.05, 0) is 42.8 Å². The van der Waals surface area contributed by atoms with E-state index < -0.39 is 9.84 Å². The average molecular weight is 389 g/mol. The molecule has 0 aliphatic carbocycles. The van der Waals surface area contributed by atoms with Gasteiger partial charge in [0.25, 0.3) is 5.91 Å². The normalized spacial score (nSPS) is 18.1. The van der Waals surface area contributed by atoms with Gasteiger partial charge in [0.05, 0.1) is 11.5 Å². The van der Waals surface area contributed by atoms with Crippen LogP contribution in [0.25, 0.3) is 0 Å². The van der Waals surface area contributed by atoms with Crippen LogP contribution in [0.5, 0.6) is 0 Å². The fourth-order valence-corrected chi connectivity index (χ4v) is 4.71. The molecule has 1 atom stereocenters. The van der Waals surface area contributed by atoms with Gasteiger partial charge in [-0.2, -0.15) is 0 Å². The lowest BCUT2D eigenvalue weighted by Crippen LogP contribution is -2.38. The standard InChI is InChI=1S/C18H23N5O3S/c1-22(2)14-6-4-13(5-7-14)19-17-9-8-16(20-21-17)18(24)23(3)15-10-11-27(25,26)12-15/h4-9,15H,10-12H2,1-3H3,(H,19,21). The van der Waals surface area contributed by atoms with Gasteiger partial charge >= 0.3 is 0 Å². The summed E-state index contributed by atoms with van der Waals surface area (Å²) in [6.45, 7) is 0. The Labute approximate surface area is 159 Å². The second-order valence-corrected chi connectivity index (χ2v) is 9.07. The van der Waals surface area contributed by atoms with Gasteiger partial charge in [-0.3, -0.25) is 4.79 Å². The highest BCUT2D eigenvalue weighted by molar-refractivity contribution is 7.91. The van der Waals surface area contributed by atoms with E-state index in [4.69, 9.17) is 0 Å². The van der Waals surface area contributed by atoms with Crippen LogP contribution in [0.1, 0.15) is 16.9 Å². The predicted molar refractivity (Wildman–Crippen MR) is 105 cm³/mol. The Morgan fingerprint density at radius 1 is 1.07 bits per heavy atom. The number of sulfone groups is 1. The number of benzene rings is 1. The summed E-state index contributed by atoms with van der Waals surface area (Å²) in [6.07, 6.45) is 0.459. The van der Waals surface area contributed by atoms with Gasteiger partial charge in [-0.25, -0.2) is 8.42 Å². The molecule has 1 aliphatic rings. The van der Waals surface area contributed by atoms with Crippen LogP contribution in [0.3, 0.4) is 0 Å². The van der Waals surface area contributed by atoms with Crippen molar-refractivity contribution in [2.75, 3.05) is 42.9 Å². The van der Waals surface area contributed by atoms with Crippen molar-refractivity contribution in [2.24, 2.45) is 0 Å². The molecule has 0 spiro atoms. The first-order valence-corrected chi connectivity index (χ1v) is 10.4.